The standard InChI is InChI=1S/C13H17NO8/c1-5(15)19-4-8-10-9(14-13(18)22-10)12(21-7(3)17)11(8)20-6(2)16/h8-12H,4H2,1-3H3,(H,14,18)/t8-,9-,10-,11+,12+/m0/s1. The zero-order chi connectivity index (χ0) is 16.4. The van der Waals surface area contributed by atoms with E-state index in [2.05, 4.69) is 5.32 Å². The Bertz CT molecular complexity index is 504. The molecule has 1 amide bonds. The van der Waals surface area contributed by atoms with Gasteiger partial charge in [-0.25, -0.2) is 4.79 Å². The smallest absolute Gasteiger partial charge is 0.407 e. The number of carbonyl (C=O) groups is 4. The lowest BCUT2D eigenvalue weighted by Gasteiger charge is -2.25. The van der Waals surface area contributed by atoms with E-state index in [9.17, 15) is 19.2 Å². The quantitative estimate of drug-likeness (QED) is 0.546. The molecular formula is C13H17NO8. The molecule has 9 nitrogen and oxygen atoms in total. The number of fused-ring (bicyclic) bond motifs is 1. The second kappa shape index (κ2) is 6.20. The number of rotatable bonds is 4. The van der Waals surface area contributed by atoms with Crippen LogP contribution in [0.5, 0.6) is 0 Å². The Balaban J connectivity index is 2.25. The minimum Gasteiger partial charge on any atom is -0.465 e. The van der Waals surface area contributed by atoms with Crippen LogP contribution in [0.4, 0.5) is 4.79 Å². The van der Waals surface area contributed by atoms with Gasteiger partial charge in [0.05, 0.1) is 5.92 Å². The van der Waals surface area contributed by atoms with Crippen molar-refractivity contribution in [1.29, 1.82) is 0 Å². The molecular weight excluding hydrogens is 298 g/mol. The molecule has 1 heterocycles. The van der Waals surface area contributed by atoms with Crippen LogP contribution < -0.4 is 5.32 Å². The van der Waals surface area contributed by atoms with E-state index in [1.807, 2.05) is 0 Å². The molecule has 122 valence electrons. The second-order valence-electron chi connectivity index (χ2n) is 5.15. The average molecular weight is 315 g/mol. The topological polar surface area (TPSA) is 117 Å². The summed E-state index contributed by atoms with van der Waals surface area (Å²) in [6.45, 7) is 3.52. The number of hydrogen-bond acceptors (Lipinski definition) is 8. The monoisotopic (exact) mass is 315 g/mol. The van der Waals surface area contributed by atoms with Crippen molar-refractivity contribution in [3.8, 4) is 0 Å². The van der Waals surface area contributed by atoms with E-state index in [0.717, 1.165) is 0 Å². The molecule has 1 aliphatic heterocycles. The van der Waals surface area contributed by atoms with E-state index in [1.165, 1.54) is 20.8 Å². The first-order valence-corrected chi connectivity index (χ1v) is 6.74. The fourth-order valence-corrected chi connectivity index (χ4v) is 2.79. The summed E-state index contributed by atoms with van der Waals surface area (Å²) in [6, 6.07) is -0.665. The first kappa shape index (κ1) is 16.1. The lowest BCUT2D eigenvalue weighted by molar-refractivity contribution is -0.168. The first-order valence-electron chi connectivity index (χ1n) is 6.74. The summed E-state index contributed by atoms with van der Waals surface area (Å²) >= 11 is 0. The molecule has 0 spiro atoms. The highest BCUT2D eigenvalue weighted by Crippen LogP contribution is 2.37. The van der Waals surface area contributed by atoms with Crippen molar-refractivity contribution in [2.75, 3.05) is 6.61 Å². The van der Waals surface area contributed by atoms with Gasteiger partial charge >= 0.3 is 24.0 Å². The normalized spacial score (nSPS) is 32.5. The zero-order valence-corrected chi connectivity index (χ0v) is 12.4. The van der Waals surface area contributed by atoms with Gasteiger partial charge in [-0.1, -0.05) is 0 Å². The molecule has 1 aliphatic carbocycles. The van der Waals surface area contributed by atoms with Crippen molar-refractivity contribution in [3.05, 3.63) is 0 Å². The van der Waals surface area contributed by atoms with Crippen molar-refractivity contribution >= 4 is 24.0 Å². The Morgan fingerprint density at radius 1 is 1.05 bits per heavy atom. The third-order valence-corrected chi connectivity index (χ3v) is 3.49. The minimum atomic E-state index is -0.904. The van der Waals surface area contributed by atoms with Crippen LogP contribution in [0.2, 0.25) is 0 Å². The fourth-order valence-electron chi connectivity index (χ4n) is 2.79. The van der Waals surface area contributed by atoms with Gasteiger partial charge in [0.15, 0.2) is 12.2 Å². The molecule has 2 fully saturated rings. The van der Waals surface area contributed by atoms with Gasteiger partial charge in [-0.3, -0.25) is 14.4 Å². The van der Waals surface area contributed by atoms with Crippen molar-refractivity contribution < 1.29 is 38.1 Å². The molecule has 1 saturated carbocycles. The highest BCUT2D eigenvalue weighted by atomic mass is 16.6. The maximum atomic E-state index is 11.4. The third kappa shape index (κ3) is 3.29. The SMILES string of the molecule is CC(=O)OC[C@@H]1[C@@H](OC(C)=O)[C@H](OC(C)=O)[C@H]2NC(=O)O[C@@H]12. The number of nitrogens with one attached hydrogen (secondary N) is 1. The van der Waals surface area contributed by atoms with Gasteiger partial charge in [-0.15, -0.1) is 0 Å². The lowest BCUT2D eigenvalue weighted by Crippen LogP contribution is -2.44. The van der Waals surface area contributed by atoms with Gasteiger partial charge in [0.1, 0.15) is 18.8 Å². The van der Waals surface area contributed by atoms with Crippen LogP contribution in [0.1, 0.15) is 20.8 Å². The molecule has 0 bridgehead atoms. The highest BCUT2D eigenvalue weighted by Gasteiger charge is 2.60. The molecule has 0 unspecified atom stereocenters. The second-order valence-corrected chi connectivity index (χ2v) is 5.15. The number of ether oxygens (including phenoxy) is 4. The molecule has 0 radical (unpaired) electrons. The molecule has 5 atom stereocenters. The van der Waals surface area contributed by atoms with E-state index in [-0.39, 0.29) is 6.61 Å². The van der Waals surface area contributed by atoms with Gasteiger partial charge in [0.2, 0.25) is 0 Å². The van der Waals surface area contributed by atoms with E-state index >= 15 is 0 Å². The molecule has 0 aromatic rings. The van der Waals surface area contributed by atoms with Crippen LogP contribution in [0.3, 0.4) is 0 Å². The number of carbonyl (C=O) groups excluding carboxylic acids is 4. The Hall–Kier alpha value is -2.32. The van der Waals surface area contributed by atoms with Crippen LogP contribution in [-0.2, 0) is 33.3 Å². The van der Waals surface area contributed by atoms with E-state index in [0.29, 0.717) is 0 Å². The maximum absolute atomic E-state index is 11.4. The Kier molecular flexibility index (Phi) is 4.53. The molecule has 2 rings (SSSR count). The third-order valence-electron chi connectivity index (χ3n) is 3.49. The summed E-state index contributed by atoms with van der Waals surface area (Å²) in [6.07, 6.45) is -3.17. The van der Waals surface area contributed by atoms with Crippen molar-refractivity contribution in [2.24, 2.45) is 5.92 Å². The molecule has 0 aromatic carbocycles. The largest absolute Gasteiger partial charge is 0.465 e. The summed E-state index contributed by atoms with van der Waals surface area (Å²) < 4.78 is 20.4. The summed E-state index contributed by atoms with van der Waals surface area (Å²) in [4.78, 5) is 45.0. The number of esters is 3. The Morgan fingerprint density at radius 3 is 2.18 bits per heavy atom. The van der Waals surface area contributed by atoms with Gasteiger partial charge in [-0.05, 0) is 0 Å². The minimum absolute atomic E-state index is 0.124. The van der Waals surface area contributed by atoms with Crippen LogP contribution in [0.15, 0.2) is 0 Å². The predicted octanol–water partition coefficient (Wildman–Crippen LogP) is -0.480. The first-order chi connectivity index (χ1) is 10.3. The summed E-state index contributed by atoms with van der Waals surface area (Å²) in [7, 11) is 0. The summed E-state index contributed by atoms with van der Waals surface area (Å²) in [5, 5.41) is 2.52. The molecule has 22 heavy (non-hydrogen) atoms. The fraction of sp³-hybridized carbons (Fsp3) is 0.692. The number of hydrogen-bond donors (Lipinski definition) is 1. The van der Waals surface area contributed by atoms with Crippen molar-refractivity contribution in [3.63, 3.8) is 0 Å². The average Bonchev–Trinajstić information content (AvgIpc) is 2.85. The molecule has 1 saturated heterocycles. The van der Waals surface area contributed by atoms with Crippen LogP contribution >= 0.6 is 0 Å². The molecule has 9 heteroatoms. The summed E-state index contributed by atoms with van der Waals surface area (Å²) in [5.74, 6) is -2.32. The van der Waals surface area contributed by atoms with Crippen molar-refractivity contribution in [2.45, 2.75) is 45.1 Å². The molecule has 0 aromatic heterocycles. The van der Waals surface area contributed by atoms with Crippen LogP contribution in [-0.4, -0.2) is 55.0 Å². The lowest BCUT2D eigenvalue weighted by atomic mass is 10.0. The maximum Gasteiger partial charge on any atom is 0.407 e. The highest BCUT2D eigenvalue weighted by molar-refractivity contribution is 5.72. The van der Waals surface area contributed by atoms with E-state index in [4.69, 9.17) is 18.9 Å². The number of alkyl carbamates (subject to hydrolysis) is 1. The van der Waals surface area contributed by atoms with E-state index in [1.54, 1.807) is 0 Å². The summed E-state index contributed by atoms with van der Waals surface area (Å²) in [5.41, 5.74) is 0. The number of amides is 1. The van der Waals surface area contributed by atoms with Crippen LogP contribution in [0.25, 0.3) is 0 Å². The van der Waals surface area contributed by atoms with Gasteiger partial charge in [-0.2, -0.15) is 0 Å². The van der Waals surface area contributed by atoms with Crippen molar-refractivity contribution in [1.82, 2.24) is 5.32 Å². The zero-order valence-electron chi connectivity index (χ0n) is 12.4. The molecule has 1 N–H and O–H groups in total. The van der Waals surface area contributed by atoms with Gasteiger partial charge in [0, 0.05) is 20.8 Å². The molecule has 2 aliphatic rings. The van der Waals surface area contributed by atoms with E-state index < -0.39 is 54.3 Å². The van der Waals surface area contributed by atoms with Crippen LogP contribution in [0, 0.1) is 5.92 Å². The predicted molar refractivity (Wildman–Crippen MR) is 68.4 cm³/mol. The Labute approximate surface area is 126 Å². The van der Waals surface area contributed by atoms with Gasteiger partial charge < -0.3 is 24.3 Å². The van der Waals surface area contributed by atoms with Gasteiger partial charge in [0.25, 0.3) is 0 Å². The Morgan fingerprint density at radius 2 is 1.64 bits per heavy atom.